The fraction of sp³-hybridized carbons (Fsp3) is 0. The highest BCUT2D eigenvalue weighted by atomic mass is 19.1. The van der Waals surface area contributed by atoms with Gasteiger partial charge in [-0.05, 0) is 24.3 Å². The quantitative estimate of drug-likeness (QED) is 0.550. The first-order valence-corrected chi connectivity index (χ1v) is 8.57. The van der Waals surface area contributed by atoms with Crippen LogP contribution < -0.4 is 10.2 Å². The summed E-state index contributed by atoms with van der Waals surface area (Å²) in [5.41, 5.74) is 0.948. The van der Waals surface area contributed by atoms with Gasteiger partial charge >= 0.3 is 6.03 Å². The predicted molar refractivity (Wildman–Crippen MR) is 103 cm³/mol. The van der Waals surface area contributed by atoms with Crippen LogP contribution in [0.5, 0.6) is 0 Å². The number of hydrogen-bond donors (Lipinski definition) is 1. The third-order valence-corrected chi connectivity index (χ3v) is 4.18. The Morgan fingerprint density at radius 2 is 1.66 bits per heavy atom. The maximum absolute atomic E-state index is 13.5. The lowest BCUT2D eigenvalue weighted by Gasteiger charge is -2.26. The van der Waals surface area contributed by atoms with Crippen LogP contribution in [0.15, 0.2) is 72.6 Å². The summed E-state index contributed by atoms with van der Waals surface area (Å²) in [5, 5.41) is 2.08. The number of carbonyl (C=O) groups is 3. The molecule has 1 saturated heterocycles. The minimum Gasteiger partial charge on any atom is -0.273 e. The summed E-state index contributed by atoms with van der Waals surface area (Å²) < 4.78 is 13.5. The molecule has 0 bridgehead atoms. The summed E-state index contributed by atoms with van der Waals surface area (Å²) >= 11 is 0. The number of barbiturate groups is 1. The summed E-state index contributed by atoms with van der Waals surface area (Å²) in [5.74, 6) is -1.84. The first-order chi connectivity index (χ1) is 14.0. The van der Waals surface area contributed by atoms with Crippen LogP contribution in [0.4, 0.5) is 14.9 Å². The predicted octanol–water partition coefficient (Wildman–Crippen LogP) is 2.95. The van der Waals surface area contributed by atoms with Crippen LogP contribution in [0, 0.1) is 5.82 Å². The van der Waals surface area contributed by atoms with Gasteiger partial charge in [0.05, 0.1) is 5.69 Å². The number of hydrogen-bond acceptors (Lipinski definition) is 5. The monoisotopic (exact) mass is 388 g/mol. The van der Waals surface area contributed by atoms with Gasteiger partial charge in [0.1, 0.15) is 11.4 Å². The average Bonchev–Trinajstić information content (AvgIpc) is 2.72. The third-order valence-electron chi connectivity index (χ3n) is 4.18. The molecule has 4 rings (SSSR count). The summed E-state index contributed by atoms with van der Waals surface area (Å²) in [4.78, 5) is 46.3. The van der Waals surface area contributed by atoms with E-state index in [1.165, 1.54) is 36.7 Å². The molecule has 0 unspecified atom stereocenters. The van der Waals surface area contributed by atoms with Crippen molar-refractivity contribution in [3.8, 4) is 11.4 Å². The SMILES string of the molecule is O=C1NC(=O)N(c2cccc(F)c2)C(=O)C1=Cc1cnc(-c2ccccc2)nc1. The summed E-state index contributed by atoms with van der Waals surface area (Å²) in [6.45, 7) is 0. The fourth-order valence-corrected chi connectivity index (χ4v) is 2.82. The Balaban J connectivity index is 1.66. The molecule has 142 valence electrons. The van der Waals surface area contributed by atoms with Crippen molar-refractivity contribution in [1.29, 1.82) is 0 Å². The lowest BCUT2D eigenvalue weighted by molar-refractivity contribution is -0.122. The van der Waals surface area contributed by atoms with Gasteiger partial charge in [-0.15, -0.1) is 0 Å². The molecule has 3 aromatic rings. The zero-order chi connectivity index (χ0) is 20.4. The molecule has 0 spiro atoms. The van der Waals surface area contributed by atoms with E-state index in [1.807, 2.05) is 30.3 Å². The van der Waals surface area contributed by atoms with Crippen LogP contribution in [0.25, 0.3) is 17.5 Å². The molecule has 0 aliphatic carbocycles. The highest BCUT2D eigenvalue weighted by Gasteiger charge is 2.36. The van der Waals surface area contributed by atoms with Crippen molar-refractivity contribution >= 4 is 29.6 Å². The summed E-state index contributed by atoms with van der Waals surface area (Å²) in [6, 6.07) is 13.3. The molecule has 8 heteroatoms. The highest BCUT2D eigenvalue weighted by molar-refractivity contribution is 6.39. The molecule has 1 aliphatic rings. The van der Waals surface area contributed by atoms with Gasteiger partial charge in [0.15, 0.2) is 5.82 Å². The minimum atomic E-state index is -0.946. The van der Waals surface area contributed by atoms with Gasteiger partial charge < -0.3 is 0 Å². The molecule has 7 nitrogen and oxygen atoms in total. The van der Waals surface area contributed by atoms with Crippen LogP contribution in [0.1, 0.15) is 5.56 Å². The number of carbonyl (C=O) groups excluding carboxylic acids is 3. The molecule has 2 heterocycles. The Bertz CT molecular complexity index is 1140. The van der Waals surface area contributed by atoms with Crippen molar-refractivity contribution < 1.29 is 18.8 Å². The Labute approximate surface area is 164 Å². The molecule has 0 saturated carbocycles. The number of halogens is 1. The second kappa shape index (κ2) is 7.43. The van der Waals surface area contributed by atoms with Crippen molar-refractivity contribution in [3.63, 3.8) is 0 Å². The number of nitrogens with one attached hydrogen (secondary N) is 1. The van der Waals surface area contributed by atoms with Crippen LogP contribution in [0.2, 0.25) is 0 Å². The van der Waals surface area contributed by atoms with Crippen molar-refractivity contribution in [3.05, 3.63) is 83.9 Å². The fourth-order valence-electron chi connectivity index (χ4n) is 2.82. The highest BCUT2D eigenvalue weighted by Crippen LogP contribution is 2.22. The number of urea groups is 1. The van der Waals surface area contributed by atoms with E-state index in [1.54, 1.807) is 0 Å². The van der Waals surface area contributed by atoms with Gasteiger partial charge in [-0.3, -0.25) is 14.9 Å². The second-order valence-electron chi connectivity index (χ2n) is 6.14. The van der Waals surface area contributed by atoms with Crippen LogP contribution >= 0.6 is 0 Å². The molecule has 4 amide bonds. The Morgan fingerprint density at radius 3 is 2.34 bits per heavy atom. The molecule has 1 aliphatic heterocycles. The molecule has 0 atom stereocenters. The van der Waals surface area contributed by atoms with Gasteiger partial charge in [-0.25, -0.2) is 24.1 Å². The molecule has 2 aromatic carbocycles. The molecule has 1 fully saturated rings. The zero-order valence-electron chi connectivity index (χ0n) is 14.9. The average molecular weight is 388 g/mol. The smallest absolute Gasteiger partial charge is 0.273 e. The van der Waals surface area contributed by atoms with Gasteiger partial charge in [0, 0.05) is 23.5 Å². The first-order valence-electron chi connectivity index (χ1n) is 8.57. The lowest BCUT2D eigenvalue weighted by Crippen LogP contribution is -2.54. The number of rotatable bonds is 3. The van der Waals surface area contributed by atoms with E-state index in [0.29, 0.717) is 16.3 Å². The van der Waals surface area contributed by atoms with Crippen LogP contribution in [-0.2, 0) is 9.59 Å². The van der Waals surface area contributed by atoms with Crippen molar-refractivity contribution in [2.24, 2.45) is 0 Å². The summed E-state index contributed by atoms with van der Waals surface area (Å²) in [6.07, 6.45) is 4.21. The number of aromatic nitrogens is 2. The van der Waals surface area contributed by atoms with E-state index in [-0.39, 0.29) is 11.3 Å². The van der Waals surface area contributed by atoms with E-state index in [0.717, 1.165) is 11.6 Å². The molecule has 1 aromatic heterocycles. The topological polar surface area (TPSA) is 92.3 Å². The van der Waals surface area contributed by atoms with Crippen LogP contribution in [-0.4, -0.2) is 27.8 Å². The van der Waals surface area contributed by atoms with Gasteiger partial charge in [-0.1, -0.05) is 36.4 Å². The molecule has 29 heavy (non-hydrogen) atoms. The van der Waals surface area contributed by atoms with Crippen LogP contribution in [0.3, 0.4) is 0 Å². The Kier molecular flexibility index (Phi) is 4.66. The van der Waals surface area contributed by atoms with Gasteiger partial charge in [0.2, 0.25) is 0 Å². The van der Waals surface area contributed by atoms with E-state index in [4.69, 9.17) is 0 Å². The molecular formula is C21H13FN4O3. The molecule has 0 radical (unpaired) electrons. The Morgan fingerprint density at radius 1 is 0.931 bits per heavy atom. The third kappa shape index (κ3) is 3.63. The van der Waals surface area contributed by atoms with Crippen molar-refractivity contribution in [2.45, 2.75) is 0 Å². The molecule has 1 N–H and O–H groups in total. The minimum absolute atomic E-state index is 0.0153. The van der Waals surface area contributed by atoms with E-state index in [2.05, 4.69) is 15.3 Å². The lowest BCUT2D eigenvalue weighted by atomic mass is 10.1. The number of nitrogens with zero attached hydrogens (tertiary/aromatic N) is 3. The van der Waals surface area contributed by atoms with Crippen molar-refractivity contribution in [1.82, 2.24) is 15.3 Å². The van der Waals surface area contributed by atoms with Gasteiger partial charge in [-0.2, -0.15) is 0 Å². The van der Waals surface area contributed by atoms with Gasteiger partial charge in [0.25, 0.3) is 11.8 Å². The maximum atomic E-state index is 13.5. The Hall–Kier alpha value is -4.20. The standard InChI is InChI=1S/C21H13FN4O3/c22-15-7-4-8-16(10-15)26-20(28)17(19(27)25-21(26)29)9-13-11-23-18(24-12-13)14-5-2-1-3-6-14/h1-12H,(H,25,27,29). The zero-order valence-corrected chi connectivity index (χ0v) is 14.9. The second-order valence-corrected chi connectivity index (χ2v) is 6.14. The number of amides is 4. The first kappa shape index (κ1) is 18.2. The molecular weight excluding hydrogens is 375 g/mol. The summed E-state index contributed by atoms with van der Waals surface area (Å²) in [7, 11) is 0. The largest absolute Gasteiger partial charge is 0.335 e. The number of benzene rings is 2. The van der Waals surface area contributed by atoms with E-state index < -0.39 is 23.7 Å². The maximum Gasteiger partial charge on any atom is 0.335 e. The number of anilines is 1. The van der Waals surface area contributed by atoms with E-state index in [9.17, 15) is 18.8 Å². The van der Waals surface area contributed by atoms with E-state index >= 15 is 0 Å². The van der Waals surface area contributed by atoms with Crippen molar-refractivity contribution in [2.75, 3.05) is 4.90 Å². The normalized spacial score (nSPS) is 15.6. The number of imide groups is 2.